The van der Waals surface area contributed by atoms with Crippen LogP contribution in [0.3, 0.4) is 0 Å². The monoisotopic (exact) mass is 195 g/mol. The van der Waals surface area contributed by atoms with E-state index in [0.717, 1.165) is 22.7 Å². The molecular formula is C11H14ClN. The first-order chi connectivity index (χ1) is 6.09. The zero-order chi connectivity index (χ0) is 9.84. The predicted molar refractivity (Wildman–Crippen MR) is 59.0 cm³/mol. The van der Waals surface area contributed by atoms with E-state index in [4.69, 9.17) is 17.3 Å². The van der Waals surface area contributed by atoms with Crippen LogP contribution < -0.4 is 5.73 Å². The van der Waals surface area contributed by atoms with E-state index in [-0.39, 0.29) is 0 Å². The Morgan fingerprint density at radius 2 is 2.15 bits per heavy atom. The lowest BCUT2D eigenvalue weighted by Gasteiger charge is -2.03. The molecule has 1 aromatic carbocycles. The lowest BCUT2D eigenvalue weighted by atomic mass is 10.1. The Bertz CT molecular complexity index is 325. The van der Waals surface area contributed by atoms with Gasteiger partial charge < -0.3 is 5.73 Å². The van der Waals surface area contributed by atoms with Gasteiger partial charge in [0.15, 0.2) is 0 Å². The molecule has 0 aromatic heterocycles. The van der Waals surface area contributed by atoms with E-state index in [9.17, 15) is 0 Å². The summed E-state index contributed by atoms with van der Waals surface area (Å²) in [7, 11) is 0. The molecule has 70 valence electrons. The molecule has 0 aliphatic heterocycles. The van der Waals surface area contributed by atoms with Gasteiger partial charge in [0.1, 0.15) is 0 Å². The smallest absolute Gasteiger partial charge is 0.0410 e. The molecule has 1 nitrogen and oxygen atoms in total. The lowest BCUT2D eigenvalue weighted by Crippen LogP contribution is -1.92. The summed E-state index contributed by atoms with van der Waals surface area (Å²) in [6, 6.07) is 5.57. The van der Waals surface area contributed by atoms with Crippen LogP contribution in [0.5, 0.6) is 0 Å². The van der Waals surface area contributed by atoms with E-state index < -0.39 is 0 Å². The fourth-order valence-electron chi connectivity index (χ4n) is 1.07. The predicted octanol–water partition coefficient (Wildman–Crippen LogP) is 3.43. The van der Waals surface area contributed by atoms with Crippen molar-refractivity contribution < 1.29 is 0 Å². The molecule has 0 aliphatic rings. The fourth-order valence-corrected chi connectivity index (χ4v) is 1.26. The quantitative estimate of drug-likeness (QED) is 0.568. The third kappa shape index (κ3) is 3.11. The minimum atomic E-state index is 0.742. The second-order valence-corrected chi connectivity index (χ2v) is 3.77. The minimum Gasteiger partial charge on any atom is -0.398 e. The van der Waals surface area contributed by atoms with Gasteiger partial charge in [0.25, 0.3) is 0 Å². The van der Waals surface area contributed by atoms with Crippen LogP contribution in [0.2, 0.25) is 5.02 Å². The highest BCUT2D eigenvalue weighted by Crippen LogP contribution is 2.18. The van der Waals surface area contributed by atoms with Crippen LogP contribution in [-0.2, 0) is 6.42 Å². The molecule has 0 radical (unpaired) electrons. The Morgan fingerprint density at radius 1 is 1.46 bits per heavy atom. The molecule has 0 saturated heterocycles. The van der Waals surface area contributed by atoms with E-state index in [1.165, 1.54) is 5.57 Å². The van der Waals surface area contributed by atoms with Gasteiger partial charge in [-0.25, -0.2) is 0 Å². The van der Waals surface area contributed by atoms with Crippen molar-refractivity contribution in [2.24, 2.45) is 0 Å². The van der Waals surface area contributed by atoms with Gasteiger partial charge in [-0.1, -0.05) is 23.3 Å². The number of hydrogen-bond acceptors (Lipinski definition) is 1. The van der Waals surface area contributed by atoms with Crippen molar-refractivity contribution in [3.05, 3.63) is 40.4 Å². The largest absolute Gasteiger partial charge is 0.398 e. The summed E-state index contributed by atoms with van der Waals surface area (Å²) in [6.07, 6.45) is 3.00. The van der Waals surface area contributed by atoms with Crippen LogP contribution >= 0.6 is 11.6 Å². The number of hydrogen-bond donors (Lipinski definition) is 1. The van der Waals surface area contributed by atoms with Gasteiger partial charge in [0.2, 0.25) is 0 Å². The van der Waals surface area contributed by atoms with E-state index >= 15 is 0 Å². The van der Waals surface area contributed by atoms with Crippen molar-refractivity contribution >= 4 is 17.3 Å². The zero-order valence-corrected chi connectivity index (χ0v) is 8.73. The molecular weight excluding hydrogens is 182 g/mol. The first kappa shape index (κ1) is 10.1. The molecule has 0 atom stereocenters. The third-order valence-corrected chi connectivity index (χ3v) is 2.07. The number of nitrogen functional groups attached to an aromatic ring is 1. The highest BCUT2D eigenvalue weighted by atomic mass is 35.5. The van der Waals surface area contributed by atoms with Crippen LogP contribution in [0.25, 0.3) is 0 Å². The van der Waals surface area contributed by atoms with Gasteiger partial charge in [-0.15, -0.1) is 0 Å². The van der Waals surface area contributed by atoms with E-state index in [0.29, 0.717) is 0 Å². The van der Waals surface area contributed by atoms with Crippen molar-refractivity contribution in [3.8, 4) is 0 Å². The molecule has 0 unspecified atom stereocenters. The van der Waals surface area contributed by atoms with Gasteiger partial charge in [-0.05, 0) is 44.0 Å². The number of halogens is 1. The highest BCUT2D eigenvalue weighted by molar-refractivity contribution is 6.30. The minimum absolute atomic E-state index is 0.742. The van der Waals surface area contributed by atoms with Crippen LogP contribution in [0, 0.1) is 0 Å². The highest BCUT2D eigenvalue weighted by Gasteiger charge is 1.97. The van der Waals surface area contributed by atoms with Gasteiger partial charge in [-0.3, -0.25) is 0 Å². The maximum atomic E-state index is 5.86. The summed E-state index contributed by atoms with van der Waals surface area (Å²) in [4.78, 5) is 0. The Labute approximate surface area is 84.2 Å². The van der Waals surface area contributed by atoms with Crippen molar-refractivity contribution in [1.82, 2.24) is 0 Å². The van der Waals surface area contributed by atoms with E-state index in [1.807, 2.05) is 18.2 Å². The molecule has 0 saturated carbocycles. The van der Waals surface area contributed by atoms with Gasteiger partial charge in [0.05, 0.1) is 0 Å². The molecule has 13 heavy (non-hydrogen) atoms. The number of allylic oxidation sites excluding steroid dienone is 2. The van der Waals surface area contributed by atoms with Crippen molar-refractivity contribution in [2.75, 3.05) is 5.73 Å². The van der Waals surface area contributed by atoms with Crippen LogP contribution in [0.1, 0.15) is 19.4 Å². The summed E-state index contributed by atoms with van der Waals surface area (Å²) in [5.41, 5.74) is 8.98. The molecule has 0 heterocycles. The molecule has 0 amide bonds. The summed E-state index contributed by atoms with van der Waals surface area (Å²) < 4.78 is 0. The molecule has 0 fully saturated rings. The second-order valence-electron chi connectivity index (χ2n) is 3.33. The maximum absolute atomic E-state index is 5.86. The van der Waals surface area contributed by atoms with Crippen LogP contribution in [-0.4, -0.2) is 0 Å². The number of anilines is 1. The lowest BCUT2D eigenvalue weighted by molar-refractivity contribution is 1.22. The molecule has 0 bridgehead atoms. The number of rotatable bonds is 2. The summed E-state index contributed by atoms with van der Waals surface area (Å²) in [5, 5.41) is 0.742. The van der Waals surface area contributed by atoms with Gasteiger partial charge in [0, 0.05) is 10.7 Å². The van der Waals surface area contributed by atoms with Gasteiger partial charge in [-0.2, -0.15) is 0 Å². The first-order valence-corrected chi connectivity index (χ1v) is 4.64. The molecule has 0 spiro atoms. The Balaban J connectivity index is 2.87. The SMILES string of the molecule is CC(C)=CCc1cc(Cl)ccc1N. The molecule has 2 heteroatoms. The summed E-state index contributed by atoms with van der Waals surface area (Å²) >= 11 is 5.86. The number of benzene rings is 1. The second kappa shape index (κ2) is 4.33. The van der Waals surface area contributed by atoms with Gasteiger partial charge >= 0.3 is 0 Å². The van der Waals surface area contributed by atoms with Crippen molar-refractivity contribution in [3.63, 3.8) is 0 Å². The summed E-state index contributed by atoms with van der Waals surface area (Å²) in [5.74, 6) is 0. The molecule has 1 aromatic rings. The third-order valence-electron chi connectivity index (χ3n) is 1.84. The summed E-state index contributed by atoms with van der Waals surface area (Å²) in [6.45, 7) is 4.14. The first-order valence-electron chi connectivity index (χ1n) is 4.27. The fraction of sp³-hybridized carbons (Fsp3) is 0.273. The van der Waals surface area contributed by atoms with E-state index in [2.05, 4.69) is 19.9 Å². The topological polar surface area (TPSA) is 26.0 Å². The van der Waals surface area contributed by atoms with Crippen molar-refractivity contribution in [2.45, 2.75) is 20.3 Å². The van der Waals surface area contributed by atoms with E-state index in [1.54, 1.807) is 0 Å². The van der Waals surface area contributed by atoms with Crippen molar-refractivity contribution in [1.29, 1.82) is 0 Å². The number of nitrogens with two attached hydrogens (primary N) is 1. The molecule has 0 aliphatic carbocycles. The Kier molecular flexibility index (Phi) is 3.38. The zero-order valence-electron chi connectivity index (χ0n) is 7.97. The normalized spacial score (nSPS) is 9.77. The maximum Gasteiger partial charge on any atom is 0.0410 e. The standard InChI is InChI=1S/C11H14ClN/c1-8(2)3-4-9-7-10(12)5-6-11(9)13/h3,5-7H,4,13H2,1-2H3. The average Bonchev–Trinajstić information content (AvgIpc) is 2.06. The Hall–Kier alpha value is -0.950. The Morgan fingerprint density at radius 3 is 2.77 bits per heavy atom. The van der Waals surface area contributed by atoms with Crippen LogP contribution in [0.4, 0.5) is 5.69 Å². The molecule has 2 N–H and O–H groups in total. The van der Waals surface area contributed by atoms with Crippen LogP contribution in [0.15, 0.2) is 29.8 Å². The molecule has 1 rings (SSSR count). The average molecular weight is 196 g/mol.